The Morgan fingerprint density at radius 2 is 1.89 bits per heavy atom. The molecule has 0 heterocycles. The number of rotatable bonds is 6. The standard InChI is InChI=1S/C12H14I3NO2/c13-7-3-10(14)12(11(15)4-7)18-6-9(17)5-16-8-1-2-8/h3-4,8-9,16-17H,1-2,5-6H2. The molecule has 0 radical (unpaired) electrons. The zero-order valence-corrected chi connectivity index (χ0v) is 16.1. The summed E-state index contributed by atoms with van der Waals surface area (Å²) in [7, 11) is 0. The van der Waals surface area contributed by atoms with Gasteiger partial charge in [-0.3, -0.25) is 0 Å². The summed E-state index contributed by atoms with van der Waals surface area (Å²) in [6.07, 6.45) is 2.03. The summed E-state index contributed by atoms with van der Waals surface area (Å²) in [6, 6.07) is 4.78. The average Bonchev–Trinajstić information content (AvgIpc) is 3.08. The zero-order valence-electron chi connectivity index (χ0n) is 9.63. The number of aliphatic hydroxyl groups is 1. The summed E-state index contributed by atoms with van der Waals surface area (Å²) in [5.41, 5.74) is 0. The molecule has 0 aliphatic heterocycles. The van der Waals surface area contributed by atoms with Crippen molar-refractivity contribution >= 4 is 67.8 Å². The maximum absolute atomic E-state index is 9.83. The lowest BCUT2D eigenvalue weighted by atomic mass is 10.3. The zero-order chi connectivity index (χ0) is 13.1. The molecule has 6 heteroatoms. The van der Waals surface area contributed by atoms with Crippen LogP contribution in [0.5, 0.6) is 5.75 Å². The molecule has 0 saturated heterocycles. The van der Waals surface area contributed by atoms with Gasteiger partial charge in [0, 0.05) is 16.2 Å². The van der Waals surface area contributed by atoms with E-state index in [1.165, 1.54) is 16.4 Å². The highest BCUT2D eigenvalue weighted by atomic mass is 127. The number of hydrogen-bond donors (Lipinski definition) is 2. The van der Waals surface area contributed by atoms with Gasteiger partial charge in [-0.2, -0.15) is 0 Å². The van der Waals surface area contributed by atoms with Crippen LogP contribution in [0.1, 0.15) is 12.8 Å². The summed E-state index contributed by atoms with van der Waals surface area (Å²) >= 11 is 6.83. The van der Waals surface area contributed by atoms with Crippen molar-refractivity contribution in [2.75, 3.05) is 13.2 Å². The van der Waals surface area contributed by atoms with E-state index in [-0.39, 0.29) is 0 Å². The lowest BCUT2D eigenvalue weighted by Gasteiger charge is -2.15. The van der Waals surface area contributed by atoms with Gasteiger partial charge in [-0.1, -0.05) is 0 Å². The Labute approximate surface area is 148 Å². The monoisotopic (exact) mass is 585 g/mol. The molecule has 1 saturated carbocycles. The van der Waals surface area contributed by atoms with E-state index in [1.807, 2.05) is 0 Å². The minimum atomic E-state index is -0.448. The van der Waals surface area contributed by atoms with Crippen LogP contribution in [0, 0.1) is 10.7 Å². The van der Waals surface area contributed by atoms with Crippen LogP contribution in [0.3, 0.4) is 0 Å². The first-order chi connectivity index (χ1) is 8.56. The number of ether oxygens (including phenoxy) is 1. The van der Waals surface area contributed by atoms with Gasteiger partial charge in [-0.15, -0.1) is 0 Å². The Balaban J connectivity index is 1.84. The fourth-order valence-corrected chi connectivity index (χ4v) is 5.39. The fraction of sp³-hybridized carbons (Fsp3) is 0.500. The smallest absolute Gasteiger partial charge is 0.146 e. The summed E-state index contributed by atoms with van der Waals surface area (Å²) in [5, 5.41) is 13.1. The van der Waals surface area contributed by atoms with Crippen molar-refractivity contribution < 1.29 is 9.84 Å². The third kappa shape index (κ3) is 4.91. The maximum Gasteiger partial charge on any atom is 0.146 e. The number of nitrogens with one attached hydrogen (secondary N) is 1. The SMILES string of the molecule is OC(CNC1CC1)COc1c(I)cc(I)cc1I. The molecule has 3 nitrogen and oxygen atoms in total. The topological polar surface area (TPSA) is 41.5 Å². The van der Waals surface area contributed by atoms with E-state index in [0.717, 1.165) is 12.9 Å². The van der Waals surface area contributed by atoms with Crippen LogP contribution in [-0.2, 0) is 0 Å². The molecule has 1 unspecified atom stereocenters. The quantitative estimate of drug-likeness (QED) is 0.506. The van der Waals surface area contributed by atoms with Crippen LogP contribution < -0.4 is 10.1 Å². The second kappa shape index (κ2) is 7.23. The highest BCUT2D eigenvalue weighted by molar-refractivity contribution is 14.1. The molecular weight excluding hydrogens is 571 g/mol. The lowest BCUT2D eigenvalue weighted by Crippen LogP contribution is -2.32. The van der Waals surface area contributed by atoms with Gasteiger partial charge in [0.15, 0.2) is 0 Å². The van der Waals surface area contributed by atoms with Gasteiger partial charge in [-0.25, -0.2) is 0 Å². The van der Waals surface area contributed by atoms with Crippen molar-refractivity contribution in [1.82, 2.24) is 5.32 Å². The fourth-order valence-electron chi connectivity index (χ4n) is 1.50. The molecular formula is C12H14I3NO2. The highest BCUT2D eigenvalue weighted by Gasteiger charge is 2.21. The van der Waals surface area contributed by atoms with Gasteiger partial charge >= 0.3 is 0 Å². The van der Waals surface area contributed by atoms with E-state index in [1.54, 1.807) is 0 Å². The van der Waals surface area contributed by atoms with Crippen LogP contribution >= 0.6 is 67.8 Å². The Bertz CT molecular complexity index is 401. The predicted molar refractivity (Wildman–Crippen MR) is 97.1 cm³/mol. The van der Waals surface area contributed by atoms with Crippen molar-refractivity contribution in [3.63, 3.8) is 0 Å². The molecule has 0 spiro atoms. The van der Waals surface area contributed by atoms with Crippen LogP contribution in [0.15, 0.2) is 12.1 Å². The largest absolute Gasteiger partial charge is 0.489 e. The van der Waals surface area contributed by atoms with Crippen molar-refractivity contribution in [3.8, 4) is 5.75 Å². The van der Waals surface area contributed by atoms with Gasteiger partial charge in [0.05, 0.1) is 7.14 Å². The van der Waals surface area contributed by atoms with Gasteiger partial charge in [-0.05, 0) is 92.7 Å². The Morgan fingerprint density at radius 3 is 2.44 bits per heavy atom. The molecule has 1 aliphatic rings. The van der Waals surface area contributed by atoms with Crippen molar-refractivity contribution in [2.24, 2.45) is 0 Å². The predicted octanol–water partition coefficient (Wildman–Crippen LogP) is 2.99. The molecule has 2 N–H and O–H groups in total. The molecule has 2 rings (SSSR count). The van der Waals surface area contributed by atoms with Crippen molar-refractivity contribution in [3.05, 3.63) is 22.8 Å². The molecule has 1 fully saturated rings. The van der Waals surface area contributed by atoms with E-state index in [9.17, 15) is 5.11 Å². The van der Waals surface area contributed by atoms with Gasteiger partial charge in [0.2, 0.25) is 0 Å². The van der Waals surface area contributed by atoms with Gasteiger partial charge in [0.1, 0.15) is 18.5 Å². The van der Waals surface area contributed by atoms with E-state index < -0.39 is 6.10 Å². The first-order valence-corrected chi connectivity index (χ1v) is 8.98. The molecule has 1 aromatic rings. The second-order valence-electron chi connectivity index (χ2n) is 4.35. The highest BCUT2D eigenvalue weighted by Crippen LogP contribution is 2.29. The summed E-state index contributed by atoms with van der Waals surface area (Å²) in [5.74, 6) is 0.877. The Hall–Kier alpha value is 1.13. The number of halogens is 3. The van der Waals surface area contributed by atoms with E-state index in [0.29, 0.717) is 19.2 Å². The third-order valence-electron chi connectivity index (χ3n) is 2.60. The van der Waals surface area contributed by atoms with Crippen LogP contribution in [0.25, 0.3) is 0 Å². The summed E-state index contributed by atoms with van der Waals surface area (Å²) < 4.78 is 9.11. The number of aliphatic hydroxyl groups excluding tert-OH is 1. The lowest BCUT2D eigenvalue weighted by molar-refractivity contribution is 0.105. The third-order valence-corrected chi connectivity index (χ3v) is 4.83. The van der Waals surface area contributed by atoms with E-state index >= 15 is 0 Å². The molecule has 18 heavy (non-hydrogen) atoms. The Kier molecular flexibility index (Phi) is 6.23. The molecule has 1 aliphatic carbocycles. The van der Waals surface area contributed by atoms with Crippen molar-refractivity contribution in [1.29, 1.82) is 0 Å². The normalized spacial score (nSPS) is 16.7. The Morgan fingerprint density at radius 1 is 1.28 bits per heavy atom. The molecule has 0 amide bonds. The number of benzene rings is 1. The molecule has 100 valence electrons. The summed E-state index contributed by atoms with van der Waals surface area (Å²) in [4.78, 5) is 0. The molecule has 1 atom stereocenters. The minimum absolute atomic E-state index is 0.340. The van der Waals surface area contributed by atoms with Crippen LogP contribution in [0.2, 0.25) is 0 Å². The van der Waals surface area contributed by atoms with Crippen molar-refractivity contribution in [2.45, 2.75) is 25.0 Å². The number of hydrogen-bond acceptors (Lipinski definition) is 3. The first-order valence-electron chi connectivity index (χ1n) is 5.75. The molecule has 0 bridgehead atoms. The summed E-state index contributed by atoms with van der Waals surface area (Å²) in [6.45, 7) is 0.953. The van der Waals surface area contributed by atoms with Crippen LogP contribution in [0.4, 0.5) is 0 Å². The second-order valence-corrected chi connectivity index (χ2v) is 7.92. The van der Waals surface area contributed by atoms with Crippen LogP contribution in [-0.4, -0.2) is 30.4 Å². The van der Waals surface area contributed by atoms with E-state index in [2.05, 4.69) is 85.2 Å². The molecule has 0 aromatic heterocycles. The average molecular weight is 585 g/mol. The molecule has 1 aromatic carbocycles. The van der Waals surface area contributed by atoms with Gasteiger partial charge < -0.3 is 15.2 Å². The minimum Gasteiger partial charge on any atom is -0.489 e. The van der Waals surface area contributed by atoms with Gasteiger partial charge in [0.25, 0.3) is 0 Å². The first kappa shape index (κ1) is 15.5. The van der Waals surface area contributed by atoms with E-state index in [4.69, 9.17) is 4.74 Å². The maximum atomic E-state index is 9.83.